The molecule has 2 unspecified atom stereocenters. The number of hydrogen-bond acceptors (Lipinski definition) is 3. The first-order valence-corrected chi connectivity index (χ1v) is 6.41. The molecule has 0 aliphatic heterocycles. The van der Waals surface area contributed by atoms with Gasteiger partial charge in [-0.25, -0.2) is 0 Å². The molecule has 0 amide bonds. The van der Waals surface area contributed by atoms with E-state index in [2.05, 4.69) is 42.9 Å². The van der Waals surface area contributed by atoms with E-state index in [1.807, 2.05) is 13.1 Å². The van der Waals surface area contributed by atoms with Crippen molar-refractivity contribution in [1.29, 1.82) is 0 Å². The van der Waals surface area contributed by atoms with E-state index in [-0.39, 0.29) is 6.04 Å². The monoisotopic (exact) mass is 235 g/mol. The molecule has 2 N–H and O–H groups in total. The molecule has 1 aromatic heterocycles. The van der Waals surface area contributed by atoms with Crippen LogP contribution in [0.3, 0.4) is 0 Å². The zero-order chi connectivity index (χ0) is 12.8. The fraction of sp³-hybridized carbons (Fsp3) is 0.643. The van der Waals surface area contributed by atoms with Crippen molar-refractivity contribution in [2.75, 3.05) is 20.1 Å². The predicted molar refractivity (Wildman–Crippen MR) is 72.9 cm³/mol. The highest BCUT2D eigenvalue weighted by molar-refractivity contribution is 5.17. The van der Waals surface area contributed by atoms with Gasteiger partial charge in [0, 0.05) is 31.0 Å². The Morgan fingerprint density at radius 1 is 1.41 bits per heavy atom. The summed E-state index contributed by atoms with van der Waals surface area (Å²) in [6, 6.07) is 4.46. The molecule has 0 radical (unpaired) electrons. The largest absolute Gasteiger partial charge is 0.329 e. The smallest absolute Gasteiger partial charge is 0.0482 e. The van der Waals surface area contributed by atoms with Crippen molar-refractivity contribution in [3.63, 3.8) is 0 Å². The second kappa shape index (κ2) is 6.72. The van der Waals surface area contributed by atoms with Crippen LogP contribution in [-0.2, 0) is 0 Å². The van der Waals surface area contributed by atoms with Gasteiger partial charge in [-0.2, -0.15) is 0 Å². The van der Waals surface area contributed by atoms with Gasteiger partial charge >= 0.3 is 0 Å². The highest BCUT2D eigenvalue weighted by Crippen LogP contribution is 2.19. The average molecular weight is 235 g/mol. The maximum atomic E-state index is 5.89. The molecule has 17 heavy (non-hydrogen) atoms. The van der Waals surface area contributed by atoms with Crippen molar-refractivity contribution in [1.82, 2.24) is 9.88 Å². The van der Waals surface area contributed by atoms with Crippen LogP contribution in [-0.4, -0.2) is 30.0 Å². The molecule has 0 spiro atoms. The highest BCUT2D eigenvalue weighted by Gasteiger charge is 2.17. The number of nitrogens with zero attached hydrogens (tertiary/aromatic N) is 2. The quantitative estimate of drug-likeness (QED) is 0.823. The molecule has 0 aromatic carbocycles. The Labute approximate surface area is 105 Å². The molecule has 0 saturated heterocycles. The molecule has 0 fully saturated rings. The van der Waals surface area contributed by atoms with Gasteiger partial charge in [0.05, 0.1) is 0 Å². The molecule has 3 nitrogen and oxygen atoms in total. The van der Waals surface area contributed by atoms with Crippen molar-refractivity contribution in [3.05, 3.63) is 29.6 Å². The summed E-state index contributed by atoms with van der Waals surface area (Å²) in [7, 11) is 2.14. The van der Waals surface area contributed by atoms with Crippen molar-refractivity contribution in [3.8, 4) is 0 Å². The summed E-state index contributed by atoms with van der Waals surface area (Å²) >= 11 is 0. The summed E-state index contributed by atoms with van der Waals surface area (Å²) in [6.07, 6.45) is 3.15. The van der Waals surface area contributed by atoms with Gasteiger partial charge in [-0.15, -0.1) is 0 Å². The predicted octanol–water partition coefficient (Wildman–Crippen LogP) is 2.37. The van der Waals surface area contributed by atoms with E-state index < -0.39 is 0 Å². The average Bonchev–Trinajstić information content (AvgIpc) is 2.32. The summed E-state index contributed by atoms with van der Waals surface area (Å²) in [5, 5.41) is 0. The van der Waals surface area contributed by atoms with Crippen LogP contribution >= 0.6 is 0 Å². The fourth-order valence-corrected chi connectivity index (χ4v) is 1.99. The van der Waals surface area contributed by atoms with E-state index in [1.54, 1.807) is 0 Å². The van der Waals surface area contributed by atoms with Gasteiger partial charge in [-0.1, -0.05) is 26.3 Å². The first-order valence-electron chi connectivity index (χ1n) is 6.41. The van der Waals surface area contributed by atoms with Crippen molar-refractivity contribution >= 4 is 0 Å². The van der Waals surface area contributed by atoms with Gasteiger partial charge in [-0.05, 0) is 31.5 Å². The lowest BCUT2D eigenvalue weighted by Crippen LogP contribution is -2.33. The number of nitrogens with two attached hydrogens (primary N) is 1. The molecule has 96 valence electrons. The lowest BCUT2D eigenvalue weighted by atomic mass is 10.0. The van der Waals surface area contributed by atoms with E-state index in [9.17, 15) is 0 Å². The van der Waals surface area contributed by atoms with Gasteiger partial charge < -0.3 is 5.73 Å². The maximum Gasteiger partial charge on any atom is 0.0482 e. The summed E-state index contributed by atoms with van der Waals surface area (Å²) in [4.78, 5) is 6.68. The third kappa shape index (κ3) is 4.10. The molecule has 1 heterocycles. The Kier molecular flexibility index (Phi) is 5.59. The first-order chi connectivity index (χ1) is 8.08. The Morgan fingerprint density at radius 2 is 2.12 bits per heavy atom. The Bertz CT molecular complexity index is 321. The van der Waals surface area contributed by atoms with Crippen molar-refractivity contribution < 1.29 is 0 Å². The Balaban J connectivity index is 2.73. The van der Waals surface area contributed by atoms with Crippen LogP contribution in [0.4, 0.5) is 0 Å². The van der Waals surface area contributed by atoms with Gasteiger partial charge in [-0.3, -0.25) is 9.88 Å². The van der Waals surface area contributed by atoms with E-state index in [0.29, 0.717) is 12.5 Å². The van der Waals surface area contributed by atoms with Crippen LogP contribution in [0.1, 0.15) is 37.6 Å². The standard InChI is InChI=1S/C14H25N3/c1-5-11(2)10-17(4)14(8-15)13-7-6-12(3)16-9-13/h6-7,9,11,14H,5,8,10,15H2,1-4H3. The minimum absolute atomic E-state index is 0.275. The van der Waals surface area contributed by atoms with Crippen LogP contribution in [0.2, 0.25) is 0 Å². The zero-order valence-electron chi connectivity index (χ0n) is 11.5. The van der Waals surface area contributed by atoms with E-state index in [1.165, 1.54) is 12.0 Å². The van der Waals surface area contributed by atoms with Crippen LogP contribution in [0.25, 0.3) is 0 Å². The molecule has 2 atom stereocenters. The van der Waals surface area contributed by atoms with Gasteiger partial charge in [0.2, 0.25) is 0 Å². The van der Waals surface area contributed by atoms with E-state index in [0.717, 1.165) is 12.2 Å². The normalized spacial score (nSPS) is 14.9. The van der Waals surface area contributed by atoms with Crippen molar-refractivity contribution in [2.45, 2.75) is 33.2 Å². The Morgan fingerprint density at radius 3 is 2.59 bits per heavy atom. The van der Waals surface area contributed by atoms with Crippen LogP contribution in [0.15, 0.2) is 18.3 Å². The Hall–Kier alpha value is -0.930. The maximum absolute atomic E-state index is 5.89. The van der Waals surface area contributed by atoms with Gasteiger partial charge in [0.15, 0.2) is 0 Å². The third-order valence-corrected chi connectivity index (χ3v) is 3.37. The topological polar surface area (TPSA) is 42.1 Å². The second-order valence-corrected chi connectivity index (χ2v) is 4.94. The molecular weight excluding hydrogens is 210 g/mol. The molecule has 3 heteroatoms. The molecule has 0 saturated carbocycles. The number of pyridine rings is 1. The minimum Gasteiger partial charge on any atom is -0.329 e. The number of aryl methyl sites for hydroxylation is 1. The summed E-state index contributed by atoms with van der Waals surface area (Å²) in [6.45, 7) is 8.22. The molecule has 1 rings (SSSR count). The summed E-state index contributed by atoms with van der Waals surface area (Å²) in [5.41, 5.74) is 8.15. The lowest BCUT2D eigenvalue weighted by Gasteiger charge is -2.29. The molecule has 0 bridgehead atoms. The van der Waals surface area contributed by atoms with Gasteiger partial charge in [0.1, 0.15) is 0 Å². The number of aromatic nitrogens is 1. The molecule has 1 aromatic rings. The molecule has 0 aliphatic rings. The first kappa shape index (κ1) is 14.1. The van der Waals surface area contributed by atoms with Crippen LogP contribution in [0.5, 0.6) is 0 Å². The zero-order valence-corrected chi connectivity index (χ0v) is 11.5. The SMILES string of the molecule is CCC(C)CN(C)C(CN)c1ccc(C)nc1. The fourth-order valence-electron chi connectivity index (χ4n) is 1.99. The molecule has 0 aliphatic carbocycles. The summed E-state index contributed by atoms with van der Waals surface area (Å²) in [5.74, 6) is 0.701. The lowest BCUT2D eigenvalue weighted by molar-refractivity contribution is 0.215. The van der Waals surface area contributed by atoms with Crippen LogP contribution in [0, 0.1) is 12.8 Å². The second-order valence-electron chi connectivity index (χ2n) is 4.94. The minimum atomic E-state index is 0.275. The highest BCUT2D eigenvalue weighted by atomic mass is 15.1. The summed E-state index contributed by atoms with van der Waals surface area (Å²) < 4.78 is 0. The van der Waals surface area contributed by atoms with E-state index >= 15 is 0 Å². The number of hydrogen-bond donors (Lipinski definition) is 1. The number of rotatable bonds is 6. The van der Waals surface area contributed by atoms with E-state index in [4.69, 9.17) is 5.73 Å². The number of likely N-dealkylation sites (N-methyl/N-ethyl adjacent to an activating group) is 1. The third-order valence-electron chi connectivity index (χ3n) is 3.37. The molecular formula is C14H25N3. The van der Waals surface area contributed by atoms with Crippen LogP contribution < -0.4 is 5.73 Å². The van der Waals surface area contributed by atoms with Gasteiger partial charge in [0.25, 0.3) is 0 Å². The van der Waals surface area contributed by atoms with Crippen molar-refractivity contribution in [2.24, 2.45) is 11.7 Å².